The van der Waals surface area contributed by atoms with Gasteiger partial charge in [-0.1, -0.05) is 42.5 Å². The Kier molecular flexibility index (Phi) is 6.22. The predicted molar refractivity (Wildman–Crippen MR) is 76.2 cm³/mol. The molecule has 4 heteroatoms. The number of fused-ring (bicyclic) bond motifs is 1. The van der Waals surface area contributed by atoms with Crippen molar-refractivity contribution in [3.63, 3.8) is 0 Å². The van der Waals surface area contributed by atoms with Crippen molar-refractivity contribution in [2.24, 2.45) is 0 Å². The molecule has 0 radical (unpaired) electrons. The third kappa shape index (κ3) is 3.75. The molecule has 0 atom stereocenters. The van der Waals surface area contributed by atoms with Gasteiger partial charge in [0.15, 0.2) is 0 Å². The van der Waals surface area contributed by atoms with Gasteiger partial charge in [0.05, 0.1) is 14.1 Å². The molecule has 2 aromatic rings. The molecule has 0 aliphatic rings. The highest BCUT2D eigenvalue weighted by Gasteiger charge is 2.03. The van der Waals surface area contributed by atoms with Gasteiger partial charge in [0.25, 0.3) is 0 Å². The summed E-state index contributed by atoms with van der Waals surface area (Å²) in [4.78, 5) is 3.13. The van der Waals surface area contributed by atoms with Gasteiger partial charge in [-0.3, -0.25) is 10.3 Å². The molecule has 0 heterocycles. The van der Waals surface area contributed by atoms with Crippen LogP contribution in [-0.2, 0) is 5.75 Å². The summed E-state index contributed by atoms with van der Waals surface area (Å²) >= 11 is 1.78. The van der Waals surface area contributed by atoms with Gasteiger partial charge < -0.3 is 17.0 Å². The maximum Gasteiger partial charge on any atom is 0.303 e. The number of hydrogen-bond acceptors (Lipinski definition) is 1. The molecule has 0 bridgehead atoms. The van der Waals surface area contributed by atoms with Gasteiger partial charge in [-0.25, -0.2) is 0 Å². The Morgan fingerprint density at radius 1 is 1.17 bits per heavy atom. The molecule has 0 fully saturated rings. The zero-order chi connectivity index (χ0) is 12.1. The molecule has 0 aliphatic carbocycles. The molecule has 2 nitrogen and oxygen atoms in total. The van der Waals surface area contributed by atoms with Crippen molar-refractivity contribution in [1.29, 1.82) is 0 Å². The first-order valence-electron chi connectivity index (χ1n) is 5.66. The summed E-state index contributed by atoms with van der Waals surface area (Å²) in [5.74, 6) is 0.974. The summed E-state index contributed by atoms with van der Waals surface area (Å²) in [5, 5.41) is 6.83. The van der Waals surface area contributed by atoms with Gasteiger partial charge in [-0.15, -0.1) is 0 Å². The van der Waals surface area contributed by atoms with Crippen LogP contribution in [0.2, 0.25) is 0 Å². The Labute approximate surface area is 123 Å². The molecule has 96 valence electrons. The van der Waals surface area contributed by atoms with Crippen LogP contribution in [0.4, 0.5) is 0 Å². The van der Waals surface area contributed by atoms with Crippen molar-refractivity contribution in [2.45, 2.75) is 5.75 Å². The molecule has 2 aromatic carbocycles. The number of benzene rings is 2. The lowest BCUT2D eigenvalue weighted by molar-refractivity contribution is -0.418. The summed E-state index contributed by atoms with van der Waals surface area (Å²) < 4.78 is 0. The zero-order valence-electron chi connectivity index (χ0n) is 10.5. The average molecular weight is 325 g/mol. The molecular weight excluding hydrogens is 308 g/mol. The maximum absolute atomic E-state index is 3.13. The number of amidine groups is 1. The standard InChI is InChI=1S/C14H16N2S.BrH/c1-15-14(16-2)17-10-11-7-8-12-5-3-4-6-13(12)9-11;/h3-9H,10H2,1-2H3,(H,15,16);1H. The Balaban J connectivity index is 0.00000162. The molecule has 0 saturated heterocycles. The molecule has 0 aromatic heterocycles. The van der Waals surface area contributed by atoms with Gasteiger partial charge in [0, 0.05) is 5.75 Å². The first kappa shape index (κ1) is 15.1. The molecule has 2 N–H and O–H groups in total. The van der Waals surface area contributed by atoms with Crippen LogP contribution >= 0.6 is 11.8 Å². The first-order chi connectivity index (χ1) is 8.33. The smallest absolute Gasteiger partial charge is 0.303 e. The van der Waals surface area contributed by atoms with E-state index in [4.69, 9.17) is 0 Å². The van der Waals surface area contributed by atoms with Gasteiger partial charge >= 0.3 is 5.17 Å². The van der Waals surface area contributed by atoms with E-state index >= 15 is 0 Å². The minimum absolute atomic E-state index is 0. The average Bonchev–Trinajstić information content (AvgIpc) is 2.40. The minimum atomic E-state index is 0. The van der Waals surface area contributed by atoms with Crippen LogP contribution < -0.4 is 27.3 Å². The third-order valence-electron chi connectivity index (χ3n) is 2.65. The topological polar surface area (TPSA) is 26.0 Å². The monoisotopic (exact) mass is 324 g/mol. The van der Waals surface area contributed by atoms with Crippen molar-refractivity contribution in [3.05, 3.63) is 48.0 Å². The number of halogens is 1. The number of nitrogens with one attached hydrogen (secondary N) is 2. The van der Waals surface area contributed by atoms with Gasteiger partial charge in [-0.05, 0) is 28.1 Å². The van der Waals surface area contributed by atoms with E-state index in [9.17, 15) is 0 Å². The Morgan fingerprint density at radius 3 is 2.56 bits per heavy atom. The minimum Gasteiger partial charge on any atom is -1.00 e. The summed E-state index contributed by atoms with van der Waals surface area (Å²) in [6, 6.07) is 15.1. The van der Waals surface area contributed by atoms with E-state index in [0.29, 0.717) is 0 Å². The lowest BCUT2D eigenvalue weighted by Crippen LogP contribution is -3.00. The van der Waals surface area contributed by atoms with E-state index in [0.717, 1.165) is 10.9 Å². The van der Waals surface area contributed by atoms with Crippen LogP contribution in [0.1, 0.15) is 5.56 Å². The summed E-state index contributed by atoms with van der Waals surface area (Å²) in [6.07, 6.45) is 0. The lowest BCUT2D eigenvalue weighted by Gasteiger charge is -2.02. The molecule has 0 unspecified atom stereocenters. The van der Waals surface area contributed by atoms with Crippen LogP contribution in [0.15, 0.2) is 42.5 Å². The fourth-order valence-corrected chi connectivity index (χ4v) is 2.53. The normalized spacial score (nSPS) is 11.1. The highest BCUT2D eigenvalue weighted by molar-refractivity contribution is 8.12. The summed E-state index contributed by atoms with van der Waals surface area (Å²) in [5.41, 5.74) is 1.34. The Morgan fingerprint density at radius 2 is 1.89 bits per heavy atom. The van der Waals surface area contributed by atoms with Gasteiger partial charge in [-0.2, -0.15) is 0 Å². The largest absolute Gasteiger partial charge is 1.00 e. The van der Waals surface area contributed by atoms with Crippen LogP contribution in [0.25, 0.3) is 10.8 Å². The van der Waals surface area contributed by atoms with E-state index in [-0.39, 0.29) is 17.0 Å². The second-order valence-electron chi connectivity index (χ2n) is 3.80. The molecule has 0 aliphatic heterocycles. The van der Waals surface area contributed by atoms with Crippen LogP contribution in [-0.4, -0.2) is 19.3 Å². The Hall–Kier alpha value is -1.00. The van der Waals surface area contributed by atoms with E-state index < -0.39 is 0 Å². The molecular formula is C14H17BrN2S. The second kappa shape index (κ2) is 7.44. The Bertz CT molecular complexity index is 540. The first-order valence-corrected chi connectivity index (χ1v) is 6.65. The van der Waals surface area contributed by atoms with E-state index in [1.54, 1.807) is 11.8 Å². The number of rotatable bonds is 2. The molecule has 18 heavy (non-hydrogen) atoms. The fourth-order valence-electron chi connectivity index (χ4n) is 1.75. The zero-order valence-corrected chi connectivity index (χ0v) is 12.9. The quantitative estimate of drug-likeness (QED) is 0.512. The third-order valence-corrected chi connectivity index (χ3v) is 3.83. The molecule has 0 saturated carbocycles. The summed E-state index contributed by atoms with van der Waals surface area (Å²) in [7, 11) is 3.86. The van der Waals surface area contributed by atoms with Crippen molar-refractivity contribution in [2.75, 3.05) is 14.1 Å². The lowest BCUT2D eigenvalue weighted by atomic mass is 10.1. The van der Waals surface area contributed by atoms with Crippen LogP contribution in [0.5, 0.6) is 0 Å². The van der Waals surface area contributed by atoms with Crippen molar-refractivity contribution in [1.82, 2.24) is 5.32 Å². The van der Waals surface area contributed by atoms with Gasteiger partial charge in [0.2, 0.25) is 0 Å². The van der Waals surface area contributed by atoms with E-state index in [1.807, 2.05) is 14.1 Å². The molecule has 2 rings (SSSR count). The highest BCUT2D eigenvalue weighted by Crippen LogP contribution is 2.18. The number of thioether (sulfide) groups is 1. The van der Waals surface area contributed by atoms with E-state index in [2.05, 4.69) is 52.8 Å². The van der Waals surface area contributed by atoms with E-state index in [1.165, 1.54) is 16.3 Å². The summed E-state index contributed by atoms with van der Waals surface area (Å²) in [6.45, 7) is 0. The van der Waals surface area contributed by atoms with Crippen molar-refractivity contribution >= 4 is 27.7 Å². The maximum atomic E-state index is 3.13. The molecule has 0 amide bonds. The van der Waals surface area contributed by atoms with Crippen molar-refractivity contribution < 1.29 is 22.0 Å². The predicted octanol–water partition coefficient (Wildman–Crippen LogP) is -1.64. The highest BCUT2D eigenvalue weighted by atomic mass is 79.9. The second-order valence-corrected chi connectivity index (χ2v) is 4.78. The van der Waals surface area contributed by atoms with Crippen LogP contribution in [0, 0.1) is 0 Å². The van der Waals surface area contributed by atoms with Gasteiger partial charge in [0.1, 0.15) is 0 Å². The molecule has 0 spiro atoms. The number of hydrogen-bond donors (Lipinski definition) is 2. The fraction of sp³-hybridized carbons (Fsp3) is 0.214. The van der Waals surface area contributed by atoms with Crippen LogP contribution in [0.3, 0.4) is 0 Å². The van der Waals surface area contributed by atoms with Crippen molar-refractivity contribution in [3.8, 4) is 0 Å². The SMILES string of the molecule is CNC(=[NH+]C)SCc1ccc2ccccc2c1.[Br-].